The highest BCUT2D eigenvalue weighted by atomic mass is 79.9. The van der Waals surface area contributed by atoms with E-state index in [1.807, 2.05) is 11.4 Å². The number of rotatable bonds is 2. The first-order valence-corrected chi connectivity index (χ1v) is 6.90. The lowest BCUT2D eigenvalue weighted by Gasteiger charge is -2.08. The standard InChI is InChI=1S/C11H7Br2FS/c12-8-6-7(3-4-9(8)14)11(13)10-2-1-5-15-10/h1-6,11H. The van der Waals surface area contributed by atoms with E-state index in [9.17, 15) is 4.39 Å². The molecule has 4 heteroatoms. The molecule has 0 aliphatic heterocycles. The molecule has 1 atom stereocenters. The summed E-state index contributed by atoms with van der Waals surface area (Å²) in [7, 11) is 0. The van der Waals surface area contributed by atoms with Crippen LogP contribution in [0.15, 0.2) is 40.2 Å². The fourth-order valence-corrected chi connectivity index (χ4v) is 3.15. The molecule has 0 amide bonds. The maximum atomic E-state index is 13.0. The predicted octanol–water partition coefficient (Wildman–Crippen LogP) is 5.13. The van der Waals surface area contributed by atoms with Crippen molar-refractivity contribution >= 4 is 43.2 Å². The Morgan fingerprint density at radius 1 is 1.27 bits per heavy atom. The maximum absolute atomic E-state index is 13.0. The summed E-state index contributed by atoms with van der Waals surface area (Å²) in [5.74, 6) is -0.232. The molecule has 15 heavy (non-hydrogen) atoms. The summed E-state index contributed by atoms with van der Waals surface area (Å²) < 4.78 is 13.5. The monoisotopic (exact) mass is 348 g/mol. The molecule has 0 saturated heterocycles. The number of alkyl halides is 1. The summed E-state index contributed by atoms with van der Waals surface area (Å²) in [5, 5.41) is 2.03. The first kappa shape index (κ1) is 11.3. The molecule has 1 aromatic heterocycles. The molecule has 1 heterocycles. The van der Waals surface area contributed by atoms with Crippen LogP contribution in [0.25, 0.3) is 0 Å². The molecule has 0 N–H and O–H groups in total. The zero-order chi connectivity index (χ0) is 10.8. The minimum absolute atomic E-state index is 0.134. The van der Waals surface area contributed by atoms with Crippen LogP contribution >= 0.6 is 43.2 Å². The molecular formula is C11H7Br2FS. The van der Waals surface area contributed by atoms with Crippen LogP contribution in [0.1, 0.15) is 15.3 Å². The summed E-state index contributed by atoms with van der Waals surface area (Å²) in [4.78, 5) is 1.35. The van der Waals surface area contributed by atoms with Gasteiger partial charge in [-0.1, -0.05) is 28.1 Å². The second kappa shape index (κ2) is 4.76. The highest BCUT2D eigenvalue weighted by Crippen LogP contribution is 2.35. The van der Waals surface area contributed by atoms with Gasteiger partial charge in [0.05, 0.1) is 9.30 Å². The van der Waals surface area contributed by atoms with Gasteiger partial charge in [0, 0.05) is 4.88 Å². The van der Waals surface area contributed by atoms with Crippen LogP contribution in [0.5, 0.6) is 0 Å². The molecule has 0 nitrogen and oxygen atoms in total. The molecule has 0 spiro atoms. The SMILES string of the molecule is Fc1ccc(C(Br)c2cccs2)cc1Br. The van der Waals surface area contributed by atoms with Crippen LogP contribution in [-0.4, -0.2) is 0 Å². The molecule has 2 aromatic rings. The van der Waals surface area contributed by atoms with E-state index in [0.29, 0.717) is 4.47 Å². The third-order valence-corrected chi connectivity index (χ3v) is 4.90. The van der Waals surface area contributed by atoms with Crippen molar-refractivity contribution in [2.75, 3.05) is 0 Å². The average molecular weight is 350 g/mol. The number of halogens is 3. The topological polar surface area (TPSA) is 0 Å². The zero-order valence-corrected chi connectivity index (χ0v) is 11.6. The van der Waals surface area contributed by atoms with Gasteiger partial charge >= 0.3 is 0 Å². The minimum atomic E-state index is -0.232. The van der Waals surface area contributed by atoms with Crippen LogP contribution in [0.4, 0.5) is 4.39 Å². The van der Waals surface area contributed by atoms with Gasteiger partial charge in [-0.25, -0.2) is 4.39 Å². The van der Waals surface area contributed by atoms with Crippen molar-refractivity contribution in [2.24, 2.45) is 0 Å². The highest BCUT2D eigenvalue weighted by Gasteiger charge is 2.12. The van der Waals surface area contributed by atoms with Gasteiger partial charge < -0.3 is 0 Å². The van der Waals surface area contributed by atoms with Crippen molar-refractivity contribution in [1.29, 1.82) is 0 Å². The van der Waals surface area contributed by atoms with Crippen LogP contribution in [0.3, 0.4) is 0 Å². The quantitative estimate of drug-likeness (QED) is 0.659. The normalized spacial score (nSPS) is 12.7. The summed E-state index contributed by atoms with van der Waals surface area (Å²) in [5.41, 5.74) is 1.05. The van der Waals surface area contributed by atoms with Crippen molar-refractivity contribution in [3.8, 4) is 0 Å². The first-order chi connectivity index (χ1) is 7.18. The molecule has 0 bridgehead atoms. The van der Waals surface area contributed by atoms with E-state index in [4.69, 9.17) is 0 Å². The average Bonchev–Trinajstić information content (AvgIpc) is 2.74. The third-order valence-electron chi connectivity index (χ3n) is 2.03. The molecule has 2 rings (SSSR count). The summed E-state index contributed by atoms with van der Waals surface area (Å²) in [6, 6.07) is 9.13. The van der Waals surface area contributed by atoms with Gasteiger partial charge in [0.25, 0.3) is 0 Å². The molecule has 0 saturated carbocycles. The van der Waals surface area contributed by atoms with Crippen molar-refractivity contribution in [2.45, 2.75) is 4.83 Å². The van der Waals surface area contributed by atoms with E-state index >= 15 is 0 Å². The van der Waals surface area contributed by atoms with E-state index in [1.54, 1.807) is 23.5 Å². The van der Waals surface area contributed by atoms with Gasteiger partial charge in [-0.2, -0.15) is 0 Å². The Balaban J connectivity index is 2.34. The predicted molar refractivity (Wildman–Crippen MR) is 69.2 cm³/mol. The second-order valence-corrected chi connectivity index (χ2v) is 5.80. The Hall–Kier alpha value is -0.190. The molecule has 0 fully saturated rings. The van der Waals surface area contributed by atoms with E-state index in [2.05, 4.69) is 37.9 Å². The molecule has 78 valence electrons. The summed E-state index contributed by atoms with van der Waals surface area (Å²) >= 11 is 8.46. The lowest BCUT2D eigenvalue weighted by Crippen LogP contribution is -1.90. The smallest absolute Gasteiger partial charge is 0.137 e. The van der Waals surface area contributed by atoms with E-state index in [0.717, 1.165) is 5.56 Å². The number of benzene rings is 1. The van der Waals surface area contributed by atoms with E-state index in [-0.39, 0.29) is 10.6 Å². The lowest BCUT2D eigenvalue weighted by atomic mass is 10.1. The van der Waals surface area contributed by atoms with Crippen molar-refractivity contribution in [3.05, 3.63) is 56.4 Å². The molecular weight excluding hydrogens is 343 g/mol. The Kier molecular flexibility index (Phi) is 3.59. The summed E-state index contributed by atoms with van der Waals surface area (Å²) in [6.45, 7) is 0. The molecule has 1 aromatic carbocycles. The molecule has 0 aliphatic rings. The Morgan fingerprint density at radius 2 is 2.07 bits per heavy atom. The van der Waals surface area contributed by atoms with Gasteiger partial charge in [-0.05, 0) is 45.1 Å². The van der Waals surface area contributed by atoms with E-state index in [1.165, 1.54) is 10.9 Å². The maximum Gasteiger partial charge on any atom is 0.137 e. The van der Waals surface area contributed by atoms with Gasteiger partial charge in [0.2, 0.25) is 0 Å². The fraction of sp³-hybridized carbons (Fsp3) is 0.0909. The van der Waals surface area contributed by atoms with Crippen LogP contribution in [0.2, 0.25) is 0 Å². The van der Waals surface area contributed by atoms with Crippen molar-refractivity contribution in [1.82, 2.24) is 0 Å². The third kappa shape index (κ3) is 2.49. The van der Waals surface area contributed by atoms with Gasteiger partial charge in [-0.3, -0.25) is 0 Å². The lowest BCUT2D eigenvalue weighted by molar-refractivity contribution is 0.620. The van der Waals surface area contributed by atoms with Crippen molar-refractivity contribution < 1.29 is 4.39 Å². The molecule has 1 unspecified atom stereocenters. The Labute approximate surface area is 108 Å². The van der Waals surface area contributed by atoms with Crippen LogP contribution < -0.4 is 0 Å². The number of hydrogen-bond donors (Lipinski definition) is 0. The van der Waals surface area contributed by atoms with Gasteiger partial charge in [0.1, 0.15) is 5.82 Å². The second-order valence-electron chi connectivity index (χ2n) is 3.05. The molecule has 0 radical (unpaired) electrons. The number of hydrogen-bond acceptors (Lipinski definition) is 1. The Bertz CT molecular complexity index is 454. The van der Waals surface area contributed by atoms with E-state index < -0.39 is 0 Å². The fourth-order valence-electron chi connectivity index (χ4n) is 1.27. The molecule has 0 aliphatic carbocycles. The summed E-state index contributed by atoms with van der Waals surface area (Å²) in [6.07, 6.45) is 0. The largest absolute Gasteiger partial charge is 0.206 e. The van der Waals surface area contributed by atoms with Crippen molar-refractivity contribution in [3.63, 3.8) is 0 Å². The zero-order valence-electron chi connectivity index (χ0n) is 7.58. The minimum Gasteiger partial charge on any atom is -0.206 e. The van der Waals surface area contributed by atoms with Crippen LogP contribution in [0, 0.1) is 5.82 Å². The number of thiophene rings is 1. The highest BCUT2D eigenvalue weighted by molar-refractivity contribution is 9.10. The Morgan fingerprint density at radius 3 is 2.67 bits per heavy atom. The van der Waals surface area contributed by atoms with Gasteiger partial charge in [-0.15, -0.1) is 11.3 Å². The van der Waals surface area contributed by atoms with Gasteiger partial charge in [0.15, 0.2) is 0 Å². The first-order valence-electron chi connectivity index (χ1n) is 4.31. The van der Waals surface area contributed by atoms with Crippen LogP contribution in [-0.2, 0) is 0 Å².